The van der Waals surface area contributed by atoms with Crippen LogP contribution >= 0.6 is 11.3 Å². The maximum Gasteiger partial charge on any atom is 0.109 e. The average molecular weight is 227 g/mol. The lowest BCUT2D eigenvalue weighted by molar-refractivity contribution is 0.521. The van der Waals surface area contributed by atoms with Crippen molar-refractivity contribution in [1.82, 2.24) is 10.3 Å². The minimum Gasteiger partial charge on any atom is -0.328 e. The van der Waals surface area contributed by atoms with Gasteiger partial charge in [-0.05, 0) is 33.2 Å². The van der Waals surface area contributed by atoms with E-state index in [9.17, 15) is 0 Å². The molecule has 1 heterocycles. The van der Waals surface area contributed by atoms with Gasteiger partial charge in [0, 0.05) is 17.6 Å². The van der Waals surface area contributed by atoms with Crippen molar-refractivity contribution in [2.45, 2.75) is 45.2 Å². The minimum atomic E-state index is 0.335. The van der Waals surface area contributed by atoms with Crippen LogP contribution in [0.3, 0.4) is 0 Å². The number of nitrogens with zero attached hydrogens (tertiary/aromatic N) is 1. The highest BCUT2D eigenvalue weighted by atomic mass is 32.1. The Kier molecular flexibility index (Phi) is 5.83. The zero-order valence-corrected chi connectivity index (χ0v) is 10.4. The van der Waals surface area contributed by atoms with E-state index in [4.69, 9.17) is 5.73 Å². The second kappa shape index (κ2) is 6.93. The number of rotatable bonds is 7. The van der Waals surface area contributed by atoms with E-state index in [1.165, 1.54) is 17.8 Å². The standard InChI is InChI=1S/C11H21N3S/c1-9(12)5-3-4-6-13-10(2)11-14-7-8-15-11/h7-10,13H,3-6,12H2,1-2H3. The Morgan fingerprint density at radius 1 is 1.47 bits per heavy atom. The van der Waals surface area contributed by atoms with Crippen molar-refractivity contribution in [3.8, 4) is 0 Å². The maximum absolute atomic E-state index is 5.68. The molecule has 0 aliphatic rings. The Bertz CT molecular complexity index is 246. The first-order valence-corrected chi connectivity index (χ1v) is 6.46. The van der Waals surface area contributed by atoms with E-state index in [2.05, 4.69) is 24.1 Å². The van der Waals surface area contributed by atoms with Crippen molar-refractivity contribution in [1.29, 1.82) is 0 Å². The van der Waals surface area contributed by atoms with Gasteiger partial charge < -0.3 is 11.1 Å². The van der Waals surface area contributed by atoms with Crippen LogP contribution in [-0.4, -0.2) is 17.6 Å². The maximum atomic E-state index is 5.68. The summed E-state index contributed by atoms with van der Waals surface area (Å²) in [6, 6.07) is 0.710. The molecule has 1 aromatic heterocycles. The van der Waals surface area contributed by atoms with Crippen LogP contribution in [0.1, 0.15) is 44.2 Å². The summed E-state index contributed by atoms with van der Waals surface area (Å²) in [6.45, 7) is 5.27. The molecule has 0 saturated heterocycles. The Labute approximate surface area is 96.1 Å². The highest BCUT2D eigenvalue weighted by Gasteiger charge is 2.05. The highest BCUT2D eigenvalue weighted by molar-refractivity contribution is 7.09. The summed E-state index contributed by atoms with van der Waals surface area (Å²) in [6.07, 6.45) is 5.37. The van der Waals surface area contributed by atoms with Gasteiger partial charge in [0.05, 0.1) is 6.04 Å². The summed E-state index contributed by atoms with van der Waals surface area (Å²) < 4.78 is 0. The van der Waals surface area contributed by atoms with Gasteiger partial charge in [0.25, 0.3) is 0 Å². The van der Waals surface area contributed by atoms with Crippen molar-refractivity contribution in [2.75, 3.05) is 6.54 Å². The molecule has 3 nitrogen and oxygen atoms in total. The molecule has 15 heavy (non-hydrogen) atoms. The molecule has 0 fully saturated rings. The number of nitrogens with one attached hydrogen (secondary N) is 1. The van der Waals surface area contributed by atoms with Crippen LogP contribution < -0.4 is 11.1 Å². The number of thiazole rings is 1. The zero-order valence-electron chi connectivity index (χ0n) is 9.57. The van der Waals surface area contributed by atoms with E-state index in [1.807, 2.05) is 11.6 Å². The van der Waals surface area contributed by atoms with E-state index >= 15 is 0 Å². The normalized spacial score (nSPS) is 15.1. The molecule has 3 N–H and O–H groups in total. The zero-order chi connectivity index (χ0) is 11.1. The SMILES string of the molecule is CC(N)CCCCNC(C)c1nccs1. The van der Waals surface area contributed by atoms with Gasteiger partial charge in [-0.25, -0.2) is 4.98 Å². The largest absolute Gasteiger partial charge is 0.328 e. The average Bonchev–Trinajstić information content (AvgIpc) is 2.69. The molecule has 0 spiro atoms. The van der Waals surface area contributed by atoms with E-state index in [0.29, 0.717) is 12.1 Å². The molecule has 2 unspecified atom stereocenters. The van der Waals surface area contributed by atoms with Gasteiger partial charge in [-0.3, -0.25) is 0 Å². The van der Waals surface area contributed by atoms with Gasteiger partial charge in [-0.15, -0.1) is 11.3 Å². The lowest BCUT2D eigenvalue weighted by atomic mass is 10.1. The van der Waals surface area contributed by atoms with E-state index < -0.39 is 0 Å². The van der Waals surface area contributed by atoms with Crippen molar-refractivity contribution in [3.63, 3.8) is 0 Å². The molecule has 0 aromatic carbocycles. The van der Waals surface area contributed by atoms with Crippen LogP contribution in [-0.2, 0) is 0 Å². The van der Waals surface area contributed by atoms with Crippen molar-refractivity contribution in [2.24, 2.45) is 5.73 Å². The quantitative estimate of drug-likeness (QED) is 0.703. The molecule has 0 radical (unpaired) electrons. The van der Waals surface area contributed by atoms with Crippen LogP contribution in [0, 0.1) is 0 Å². The summed E-state index contributed by atoms with van der Waals surface area (Å²) in [7, 11) is 0. The Balaban J connectivity index is 2.05. The summed E-state index contributed by atoms with van der Waals surface area (Å²) >= 11 is 1.71. The molecule has 86 valence electrons. The molecule has 0 bridgehead atoms. The van der Waals surface area contributed by atoms with E-state index in [1.54, 1.807) is 11.3 Å². The Morgan fingerprint density at radius 3 is 2.87 bits per heavy atom. The first kappa shape index (κ1) is 12.6. The summed E-state index contributed by atoms with van der Waals surface area (Å²) in [4.78, 5) is 4.28. The van der Waals surface area contributed by atoms with Crippen LogP contribution in [0.2, 0.25) is 0 Å². The lowest BCUT2D eigenvalue weighted by Crippen LogP contribution is -2.20. The molecule has 1 aromatic rings. The first-order valence-electron chi connectivity index (χ1n) is 5.58. The second-order valence-corrected chi connectivity index (χ2v) is 4.95. The summed E-state index contributed by atoms with van der Waals surface area (Å²) in [5, 5.41) is 6.65. The number of hydrogen-bond acceptors (Lipinski definition) is 4. The van der Waals surface area contributed by atoms with Gasteiger partial charge in [-0.2, -0.15) is 0 Å². The summed E-state index contributed by atoms with van der Waals surface area (Å²) in [5.41, 5.74) is 5.68. The van der Waals surface area contributed by atoms with Crippen LogP contribution in [0.25, 0.3) is 0 Å². The van der Waals surface area contributed by atoms with Gasteiger partial charge >= 0.3 is 0 Å². The minimum absolute atomic E-state index is 0.335. The molecule has 0 amide bonds. The van der Waals surface area contributed by atoms with Gasteiger partial charge in [-0.1, -0.05) is 6.42 Å². The Morgan fingerprint density at radius 2 is 2.27 bits per heavy atom. The molecule has 4 heteroatoms. The predicted octanol–water partition coefficient (Wildman–Crippen LogP) is 2.31. The van der Waals surface area contributed by atoms with E-state index in [-0.39, 0.29) is 0 Å². The highest BCUT2D eigenvalue weighted by Crippen LogP contribution is 2.14. The third kappa shape index (κ3) is 5.25. The van der Waals surface area contributed by atoms with Crippen LogP contribution in [0.15, 0.2) is 11.6 Å². The molecule has 1 rings (SSSR count). The second-order valence-electron chi connectivity index (χ2n) is 4.02. The summed E-state index contributed by atoms with van der Waals surface area (Å²) in [5.74, 6) is 0. The van der Waals surface area contributed by atoms with Crippen LogP contribution in [0.4, 0.5) is 0 Å². The number of hydrogen-bond donors (Lipinski definition) is 2. The molecular formula is C11H21N3S. The van der Waals surface area contributed by atoms with Gasteiger partial charge in [0.1, 0.15) is 5.01 Å². The van der Waals surface area contributed by atoms with Crippen LogP contribution in [0.5, 0.6) is 0 Å². The molecule has 0 saturated carbocycles. The number of aromatic nitrogens is 1. The predicted molar refractivity (Wildman–Crippen MR) is 66.0 cm³/mol. The van der Waals surface area contributed by atoms with Gasteiger partial charge in [0.15, 0.2) is 0 Å². The molecule has 0 aliphatic heterocycles. The van der Waals surface area contributed by atoms with E-state index in [0.717, 1.165) is 13.0 Å². The number of unbranched alkanes of at least 4 members (excludes halogenated alkanes) is 1. The number of nitrogens with two attached hydrogens (primary N) is 1. The third-order valence-corrected chi connectivity index (χ3v) is 3.32. The third-order valence-electron chi connectivity index (χ3n) is 2.36. The Hall–Kier alpha value is -0.450. The molecule has 0 aliphatic carbocycles. The fourth-order valence-corrected chi connectivity index (χ4v) is 2.12. The fraction of sp³-hybridized carbons (Fsp3) is 0.727. The molecule has 2 atom stereocenters. The first-order chi connectivity index (χ1) is 7.20. The lowest BCUT2D eigenvalue weighted by Gasteiger charge is -2.11. The molecular weight excluding hydrogens is 206 g/mol. The smallest absolute Gasteiger partial charge is 0.109 e. The van der Waals surface area contributed by atoms with Crippen molar-refractivity contribution in [3.05, 3.63) is 16.6 Å². The monoisotopic (exact) mass is 227 g/mol. The topological polar surface area (TPSA) is 50.9 Å². The fourth-order valence-electron chi connectivity index (χ4n) is 1.45. The van der Waals surface area contributed by atoms with Crippen molar-refractivity contribution < 1.29 is 0 Å². The van der Waals surface area contributed by atoms with Gasteiger partial charge in [0.2, 0.25) is 0 Å². The van der Waals surface area contributed by atoms with Crippen molar-refractivity contribution >= 4 is 11.3 Å².